The number of hydrogen-bond donors (Lipinski definition) is 3. The minimum absolute atomic E-state index is 0.0290. The van der Waals surface area contributed by atoms with Crippen LogP contribution in [0.3, 0.4) is 0 Å². The normalized spacial score (nSPS) is 11.4. The molecule has 4 aromatic rings. The lowest BCUT2D eigenvalue weighted by Gasteiger charge is -2.08. The monoisotopic (exact) mass is 435 g/mol. The fourth-order valence-electron chi connectivity index (χ4n) is 3.16. The first-order valence-electron chi connectivity index (χ1n) is 9.44. The van der Waals surface area contributed by atoms with Crippen molar-refractivity contribution in [3.05, 3.63) is 84.2 Å². The van der Waals surface area contributed by atoms with Crippen LogP contribution in [-0.2, 0) is 23.7 Å². The predicted octanol–water partition coefficient (Wildman–Crippen LogP) is 3.24. The molecular formula is C22H21N5O3S. The molecule has 0 spiro atoms. The number of fused-ring (bicyclic) bond motifs is 1. The van der Waals surface area contributed by atoms with Gasteiger partial charge in [0.05, 0.1) is 21.6 Å². The molecule has 158 valence electrons. The van der Waals surface area contributed by atoms with Crippen LogP contribution in [0, 0.1) is 5.41 Å². The van der Waals surface area contributed by atoms with E-state index in [4.69, 9.17) is 15.9 Å². The van der Waals surface area contributed by atoms with Gasteiger partial charge in [0.2, 0.25) is 0 Å². The van der Waals surface area contributed by atoms with Crippen molar-refractivity contribution in [2.45, 2.75) is 11.5 Å². The Kier molecular flexibility index (Phi) is 5.35. The highest BCUT2D eigenvalue weighted by Gasteiger charge is 2.15. The average molecular weight is 436 g/mol. The standard InChI is InChI=1S/C22H21N5O3S/c1-27-20-11-10-16(26-31(28,29)18-8-3-2-4-9-18)13-19(20)25-21(27)14-30-17-7-5-6-15(12-17)22(23)24/h2-13,26H,14H2,1H3,(H3,23,24). The maximum Gasteiger partial charge on any atom is 0.261 e. The number of nitrogens with zero attached hydrogens (tertiary/aromatic N) is 2. The number of nitrogens with two attached hydrogens (primary N) is 1. The van der Waals surface area contributed by atoms with Gasteiger partial charge in [0.15, 0.2) is 0 Å². The van der Waals surface area contributed by atoms with E-state index in [-0.39, 0.29) is 17.3 Å². The second-order valence-corrected chi connectivity index (χ2v) is 8.62. The van der Waals surface area contributed by atoms with Gasteiger partial charge in [-0.25, -0.2) is 13.4 Å². The number of aromatic nitrogens is 2. The minimum atomic E-state index is -3.68. The van der Waals surface area contributed by atoms with Crippen molar-refractivity contribution >= 4 is 32.6 Å². The molecule has 1 aromatic heterocycles. The van der Waals surface area contributed by atoms with Crippen molar-refractivity contribution in [3.63, 3.8) is 0 Å². The van der Waals surface area contributed by atoms with Gasteiger partial charge in [0.25, 0.3) is 10.0 Å². The third kappa shape index (κ3) is 4.36. The number of ether oxygens (including phenoxy) is 1. The summed E-state index contributed by atoms with van der Waals surface area (Å²) in [5.74, 6) is 1.22. The summed E-state index contributed by atoms with van der Waals surface area (Å²) in [6.45, 7) is 0.206. The van der Waals surface area contributed by atoms with Gasteiger partial charge in [-0.3, -0.25) is 10.1 Å². The molecule has 0 atom stereocenters. The molecule has 0 unspecified atom stereocenters. The number of amidine groups is 1. The van der Waals surface area contributed by atoms with E-state index in [0.29, 0.717) is 28.3 Å². The number of nitrogen functional groups attached to an aromatic ring is 1. The van der Waals surface area contributed by atoms with Gasteiger partial charge >= 0.3 is 0 Å². The lowest BCUT2D eigenvalue weighted by Crippen LogP contribution is -2.12. The molecular weight excluding hydrogens is 414 g/mol. The summed E-state index contributed by atoms with van der Waals surface area (Å²) in [6, 6.07) is 20.4. The van der Waals surface area contributed by atoms with E-state index in [1.165, 1.54) is 12.1 Å². The highest BCUT2D eigenvalue weighted by Crippen LogP contribution is 2.23. The number of nitrogens with one attached hydrogen (secondary N) is 2. The molecule has 4 N–H and O–H groups in total. The number of benzene rings is 3. The van der Waals surface area contributed by atoms with E-state index in [9.17, 15) is 8.42 Å². The summed E-state index contributed by atoms with van der Waals surface area (Å²) >= 11 is 0. The smallest absolute Gasteiger partial charge is 0.261 e. The molecule has 0 aliphatic carbocycles. The van der Waals surface area contributed by atoms with Crippen molar-refractivity contribution in [2.75, 3.05) is 4.72 Å². The summed E-state index contributed by atoms with van der Waals surface area (Å²) in [5, 5.41) is 7.53. The van der Waals surface area contributed by atoms with Crippen molar-refractivity contribution in [3.8, 4) is 5.75 Å². The molecule has 0 aliphatic heterocycles. The first-order chi connectivity index (χ1) is 14.8. The summed E-state index contributed by atoms with van der Waals surface area (Å²) in [6.07, 6.45) is 0. The molecule has 0 radical (unpaired) electrons. The zero-order valence-corrected chi connectivity index (χ0v) is 17.6. The van der Waals surface area contributed by atoms with Gasteiger partial charge in [-0.1, -0.05) is 30.3 Å². The molecule has 31 heavy (non-hydrogen) atoms. The van der Waals surface area contributed by atoms with Crippen LogP contribution in [0.15, 0.2) is 77.7 Å². The van der Waals surface area contributed by atoms with Crippen LogP contribution in [0.1, 0.15) is 11.4 Å². The SMILES string of the molecule is Cn1c(COc2cccc(C(=N)N)c2)nc2cc(NS(=O)(=O)c3ccccc3)ccc21. The molecule has 0 bridgehead atoms. The van der Waals surface area contributed by atoms with Crippen LogP contribution in [0.25, 0.3) is 11.0 Å². The van der Waals surface area contributed by atoms with Crippen LogP contribution in [-0.4, -0.2) is 23.8 Å². The molecule has 0 amide bonds. The van der Waals surface area contributed by atoms with Crippen molar-refractivity contribution < 1.29 is 13.2 Å². The van der Waals surface area contributed by atoms with Gasteiger partial charge in [0.1, 0.15) is 24.0 Å². The number of imidazole rings is 1. The fraction of sp³-hybridized carbons (Fsp3) is 0.0909. The van der Waals surface area contributed by atoms with Gasteiger partial charge in [0, 0.05) is 12.6 Å². The molecule has 0 saturated carbocycles. The first-order valence-corrected chi connectivity index (χ1v) is 10.9. The van der Waals surface area contributed by atoms with E-state index in [2.05, 4.69) is 9.71 Å². The number of rotatable bonds is 7. The summed E-state index contributed by atoms with van der Waals surface area (Å²) in [5.41, 5.74) is 8.02. The highest BCUT2D eigenvalue weighted by molar-refractivity contribution is 7.92. The second-order valence-electron chi connectivity index (χ2n) is 6.94. The second kappa shape index (κ2) is 8.11. The maximum absolute atomic E-state index is 12.6. The minimum Gasteiger partial charge on any atom is -0.486 e. The van der Waals surface area contributed by atoms with Crippen LogP contribution >= 0.6 is 0 Å². The molecule has 8 nitrogen and oxygen atoms in total. The van der Waals surface area contributed by atoms with Crippen molar-refractivity contribution in [1.82, 2.24) is 9.55 Å². The number of aryl methyl sites for hydroxylation is 1. The van der Waals surface area contributed by atoms with Gasteiger partial charge < -0.3 is 15.0 Å². The van der Waals surface area contributed by atoms with Crippen molar-refractivity contribution in [1.29, 1.82) is 5.41 Å². The highest BCUT2D eigenvalue weighted by atomic mass is 32.2. The van der Waals surface area contributed by atoms with Crippen LogP contribution in [0.2, 0.25) is 0 Å². The molecule has 3 aromatic carbocycles. The van der Waals surface area contributed by atoms with Gasteiger partial charge in [-0.2, -0.15) is 0 Å². The Morgan fingerprint density at radius 2 is 1.87 bits per heavy atom. The van der Waals surface area contributed by atoms with E-state index in [1.54, 1.807) is 54.6 Å². The predicted molar refractivity (Wildman–Crippen MR) is 120 cm³/mol. The molecule has 1 heterocycles. The lowest BCUT2D eigenvalue weighted by molar-refractivity contribution is 0.292. The summed E-state index contributed by atoms with van der Waals surface area (Å²) in [7, 11) is -1.81. The molecule has 0 saturated heterocycles. The van der Waals surface area contributed by atoms with E-state index >= 15 is 0 Å². The van der Waals surface area contributed by atoms with Crippen LogP contribution in [0.5, 0.6) is 5.75 Å². The molecule has 9 heteroatoms. The van der Waals surface area contributed by atoms with Crippen LogP contribution < -0.4 is 15.2 Å². The largest absolute Gasteiger partial charge is 0.486 e. The molecule has 4 rings (SSSR count). The topological polar surface area (TPSA) is 123 Å². The Morgan fingerprint density at radius 1 is 1.10 bits per heavy atom. The zero-order chi connectivity index (χ0) is 22.0. The number of sulfonamides is 1. The summed E-state index contributed by atoms with van der Waals surface area (Å²) in [4.78, 5) is 4.78. The molecule has 0 aliphatic rings. The molecule has 0 fully saturated rings. The first kappa shape index (κ1) is 20.4. The Balaban J connectivity index is 1.55. The van der Waals surface area contributed by atoms with Crippen molar-refractivity contribution in [2.24, 2.45) is 12.8 Å². The van der Waals surface area contributed by atoms with Crippen LogP contribution in [0.4, 0.5) is 5.69 Å². The van der Waals surface area contributed by atoms with E-state index in [1.807, 2.05) is 17.7 Å². The number of anilines is 1. The average Bonchev–Trinajstić information content (AvgIpc) is 3.07. The quantitative estimate of drug-likeness (QED) is 0.304. The Bertz CT molecular complexity index is 1360. The summed E-state index contributed by atoms with van der Waals surface area (Å²) < 4.78 is 35.4. The van der Waals surface area contributed by atoms with E-state index < -0.39 is 10.0 Å². The Hall–Kier alpha value is -3.85. The zero-order valence-electron chi connectivity index (χ0n) is 16.7. The third-order valence-electron chi connectivity index (χ3n) is 4.79. The maximum atomic E-state index is 12.6. The fourth-order valence-corrected chi connectivity index (χ4v) is 4.23. The van der Waals surface area contributed by atoms with Gasteiger partial charge in [-0.15, -0.1) is 0 Å². The Morgan fingerprint density at radius 3 is 2.61 bits per heavy atom. The third-order valence-corrected chi connectivity index (χ3v) is 6.19. The van der Waals surface area contributed by atoms with Gasteiger partial charge in [-0.05, 0) is 42.5 Å². The Labute approximate surface area is 179 Å². The number of hydrogen-bond acceptors (Lipinski definition) is 5. The van der Waals surface area contributed by atoms with E-state index in [0.717, 1.165) is 5.52 Å². The lowest BCUT2D eigenvalue weighted by atomic mass is 10.2.